The van der Waals surface area contributed by atoms with E-state index in [2.05, 4.69) is 28.7 Å². The number of amides is 1. The van der Waals surface area contributed by atoms with Crippen LogP contribution < -0.4 is 4.90 Å². The van der Waals surface area contributed by atoms with Gasteiger partial charge in [0.2, 0.25) is 5.91 Å². The SMILES string of the molecule is CC(C)N(CCC(=O)N1CCN(c2ccc(F)cc2)CC1)Cc1cnn(C)c1. The zero-order valence-corrected chi connectivity index (χ0v) is 17.0. The van der Waals surface area contributed by atoms with Crippen molar-refractivity contribution in [2.75, 3.05) is 37.6 Å². The fraction of sp³-hybridized carbons (Fsp3) is 0.524. The number of carbonyl (C=O) groups excluding carboxylic acids is 1. The molecule has 7 heteroatoms. The van der Waals surface area contributed by atoms with Crippen molar-refractivity contribution in [1.29, 1.82) is 0 Å². The van der Waals surface area contributed by atoms with Crippen LogP contribution in [0.15, 0.2) is 36.7 Å². The Morgan fingerprint density at radius 3 is 2.43 bits per heavy atom. The van der Waals surface area contributed by atoms with E-state index in [1.54, 1.807) is 16.8 Å². The second kappa shape index (κ2) is 9.19. The van der Waals surface area contributed by atoms with E-state index in [9.17, 15) is 9.18 Å². The summed E-state index contributed by atoms with van der Waals surface area (Å²) in [6.07, 6.45) is 4.42. The van der Waals surface area contributed by atoms with E-state index in [1.807, 2.05) is 24.3 Å². The second-order valence-electron chi connectivity index (χ2n) is 7.68. The van der Waals surface area contributed by atoms with Crippen molar-refractivity contribution in [2.45, 2.75) is 32.9 Å². The Morgan fingerprint density at radius 1 is 1.18 bits per heavy atom. The van der Waals surface area contributed by atoms with E-state index in [4.69, 9.17) is 0 Å². The van der Waals surface area contributed by atoms with Gasteiger partial charge in [-0.1, -0.05) is 0 Å². The van der Waals surface area contributed by atoms with Crippen LogP contribution in [0.4, 0.5) is 10.1 Å². The molecule has 28 heavy (non-hydrogen) atoms. The van der Waals surface area contributed by atoms with Crippen molar-refractivity contribution in [2.24, 2.45) is 7.05 Å². The Labute approximate surface area is 166 Å². The Morgan fingerprint density at radius 2 is 1.86 bits per heavy atom. The Hall–Kier alpha value is -2.41. The van der Waals surface area contributed by atoms with Crippen LogP contribution in [0.3, 0.4) is 0 Å². The first kappa shape index (κ1) is 20.3. The molecule has 1 saturated heterocycles. The maximum atomic E-state index is 13.1. The summed E-state index contributed by atoms with van der Waals surface area (Å²) in [5.41, 5.74) is 2.17. The van der Waals surface area contributed by atoms with Gasteiger partial charge in [0.25, 0.3) is 0 Å². The van der Waals surface area contributed by atoms with E-state index in [0.29, 0.717) is 25.6 Å². The van der Waals surface area contributed by atoms with Crippen LogP contribution in [0.1, 0.15) is 25.8 Å². The Kier molecular flexibility index (Phi) is 6.67. The largest absolute Gasteiger partial charge is 0.368 e. The van der Waals surface area contributed by atoms with Gasteiger partial charge in [0.1, 0.15) is 5.82 Å². The van der Waals surface area contributed by atoms with Crippen LogP contribution in [-0.2, 0) is 18.4 Å². The topological polar surface area (TPSA) is 44.6 Å². The van der Waals surface area contributed by atoms with Gasteiger partial charge in [-0.05, 0) is 38.1 Å². The van der Waals surface area contributed by atoms with E-state index in [-0.39, 0.29) is 11.7 Å². The number of nitrogens with zero attached hydrogens (tertiary/aromatic N) is 5. The van der Waals surface area contributed by atoms with Gasteiger partial charge in [-0.15, -0.1) is 0 Å². The highest BCUT2D eigenvalue weighted by Gasteiger charge is 2.22. The van der Waals surface area contributed by atoms with Gasteiger partial charge in [0.05, 0.1) is 6.20 Å². The van der Waals surface area contributed by atoms with Gasteiger partial charge in [-0.25, -0.2) is 4.39 Å². The summed E-state index contributed by atoms with van der Waals surface area (Å²) in [5, 5.41) is 4.22. The molecular formula is C21H30FN5O. The van der Waals surface area contributed by atoms with E-state index >= 15 is 0 Å². The zero-order valence-electron chi connectivity index (χ0n) is 17.0. The molecule has 0 atom stereocenters. The number of carbonyl (C=O) groups is 1. The lowest BCUT2D eigenvalue weighted by molar-refractivity contribution is -0.132. The summed E-state index contributed by atoms with van der Waals surface area (Å²) in [7, 11) is 1.92. The average molecular weight is 388 g/mol. The summed E-state index contributed by atoms with van der Waals surface area (Å²) in [6.45, 7) is 8.83. The van der Waals surface area contributed by atoms with Gasteiger partial charge in [-0.3, -0.25) is 14.4 Å². The van der Waals surface area contributed by atoms with Gasteiger partial charge < -0.3 is 9.80 Å². The molecule has 0 aliphatic carbocycles. The third kappa shape index (κ3) is 5.32. The first-order valence-electron chi connectivity index (χ1n) is 9.92. The number of hydrogen-bond acceptors (Lipinski definition) is 4. The molecule has 0 bridgehead atoms. The molecule has 1 amide bonds. The molecule has 1 aliphatic heterocycles. The number of benzene rings is 1. The van der Waals surface area contributed by atoms with Crippen LogP contribution in [0.25, 0.3) is 0 Å². The average Bonchev–Trinajstić information content (AvgIpc) is 3.10. The number of aromatic nitrogens is 2. The molecule has 0 unspecified atom stereocenters. The number of rotatable bonds is 7. The minimum Gasteiger partial charge on any atom is -0.368 e. The van der Waals surface area contributed by atoms with E-state index < -0.39 is 0 Å². The fourth-order valence-electron chi connectivity index (χ4n) is 3.57. The number of halogens is 1. The molecule has 1 aromatic carbocycles. The van der Waals surface area contributed by atoms with Gasteiger partial charge >= 0.3 is 0 Å². The number of hydrogen-bond donors (Lipinski definition) is 0. The molecule has 3 rings (SSSR count). The molecule has 0 radical (unpaired) electrons. The minimum absolute atomic E-state index is 0.204. The molecule has 2 aromatic rings. The Bertz CT molecular complexity index is 765. The van der Waals surface area contributed by atoms with Crippen LogP contribution >= 0.6 is 0 Å². The maximum absolute atomic E-state index is 13.1. The first-order chi connectivity index (χ1) is 13.4. The van der Waals surface area contributed by atoms with Crippen molar-refractivity contribution in [3.63, 3.8) is 0 Å². The molecule has 2 heterocycles. The monoisotopic (exact) mass is 387 g/mol. The van der Waals surface area contributed by atoms with Crippen molar-refractivity contribution in [3.8, 4) is 0 Å². The molecular weight excluding hydrogens is 357 g/mol. The normalized spacial score (nSPS) is 14.9. The van der Waals surface area contributed by atoms with Gasteiger partial charge in [0, 0.05) is 76.2 Å². The molecule has 0 spiro atoms. The van der Waals surface area contributed by atoms with Gasteiger partial charge in [0.15, 0.2) is 0 Å². The van der Waals surface area contributed by atoms with E-state index in [0.717, 1.165) is 37.4 Å². The van der Waals surface area contributed by atoms with Crippen LogP contribution in [0.5, 0.6) is 0 Å². The lowest BCUT2D eigenvalue weighted by Crippen LogP contribution is -2.49. The molecule has 1 aliphatic rings. The molecule has 6 nitrogen and oxygen atoms in total. The minimum atomic E-state index is -0.224. The summed E-state index contributed by atoms with van der Waals surface area (Å²) < 4.78 is 14.9. The van der Waals surface area contributed by atoms with Crippen molar-refractivity contribution < 1.29 is 9.18 Å². The fourth-order valence-corrected chi connectivity index (χ4v) is 3.57. The zero-order chi connectivity index (χ0) is 20.1. The van der Waals surface area contributed by atoms with Crippen LogP contribution in [0.2, 0.25) is 0 Å². The third-order valence-corrected chi connectivity index (χ3v) is 5.31. The van der Waals surface area contributed by atoms with Crippen LogP contribution in [0, 0.1) is 5.82 Å². The van der Waals surface area contributed by atoms with E-state index in [1.165, 1.54) is 12.1 Å². The summed E-state index contributed by atoms with van der Waals surface area (Å²) in [4.78, 5) is 19.1. The standard InChI is InChI=1S/C21H30FN5O/c1-17(2)27(16-18-14-23-24(3)15-18)9-8-21(28)26-12-10-25(11-13-26)20-6-4-19(22)5-7-20/h4-7,14-15,17H,8-13,16H2,1-3H3. The van der Waals surface area contributed by atoms with Crippen molar-refractivity contribution in [1.82, 2.24) is 19.6 Å². The van der Waals surface area contributed by atoms with Crippen molar-refractivity contribution >= 4 is 11.6 Å². The summed E-state index contributed by atoms with van der Waals surface area (Å²) in [6, 6.07) is 6.92. The summed E-state index contributed by atoms with van der Waals surface area (Å²) >= 11 is 0. The molecule has 152 valence electrons. The summed E-state index contributed by atoms with van der Waals surface area (Å²) in [5.74, 6) is -0.0193. The number of aryl methyl sites for hydroxylation is 1. The molecule has 0 saturated carbocycles. The van der Waals surface area contributed by atoms with Gasteiger partial charge in [-0.2, -0.15) is 5.10 Å². The Balaban J connectivity index is 1.47. The molecule has 1 fully saturated rings. The second-order valence-corrected chi connectivity index (χ2v) is 7.68. The highest BCUT2D eigenvalue weighted by atomic mass is 19.1. The quantitative estimate of drug-likeness (QED) is 0.732. The highest BCUT2D eigenvalue weighted by Crippen LogP contribution is 2.17. The molecule has 0 N–H and O–H groups in total. The lowest BCUT2D eigenvalue weighted by atomic mass is 10.2. The van der Waals surface area contributed by atoms with Crippen molar-refractivity contribution in [3.05, 3.63) is 48.0 Å². The maximum Gasteiger partial charge on any atom is 0.223 e. The number of anilines is 1. The smallest absolute Gasteiger partial charge is 0.223 e. The first-order valence-corrected chi connectivity index (χ1v) is 9.92. The predicted octanol–water partition coefficient (Wildman–Crippen LogP) is 2.51. The number of piperazine rings is 1. The lowest BCUT2D eigenvalue weighted by Gasteiger charge is -2.36. The highest BCUT2D eigenvalue weighted by molar-refractivity contribution is 5.76. The third-order valence-electron chi connectivity index (χ3n) is 5.31. The molecule has 1 aromatic heterocycles. The predicted molar refractivity (Wildman–Crippen MR) is 109 cm³/mol. The van der Waals surface area contributed by atoms with Crippen LogP contribution in [-0.4, -0.2) is 64.3 Å².